The summed E-state index contributed by atoms with van der Waals surface area (Å²) in [6.07, 6.45) is 8.38. The number of ketones is 2. The second-order valence-corrected chi connectivity index (χ2v) is 6.60. The topological polar surface area (TPSA) is 54.4 Å². The summed E-state index contributed by atoms with van der Waals surface area (Å²) in [5, 5.41) is 12.5. The van der Waals surface area contributed by atoms with Gasteiger partial charge < -0.3 is 5.11 Å². The maximum atomic E-state index is 12.4. The smallest absolute Gasteiger partial charge is 0.163 e. The summed E-state index contributed by atoms with van der Waals surface area (Å²) in [4.78, 5) is 24.8. The number of rotatable bonds is 6. The number of Topliss-reactive ketones (excluding diaryl/α,β-unsaturated/α-hetero) is 2. The molecule has 0 amide bonds. The van der Waals surface area contributed by atoms with E-state index in [2.05, 4.69) is 0 Å². The van der Waals surface area contributed by atoms with Crippen molar-refractivity contribution in [3.8, 4) is 0 Å². The van der Waals surface area contributed by atoms with Gasteiger partial charge in [0, 0.05) is 28.7 Å². The standard InChI is InChI=1S/C20H18O3S/c21-13-16-4-2-1-3-5-17(16)19(23)8-7-18(22)14-6-9-20-15(12-14)10-11-24-20/h2-6,9-12,21H,1,7-8,13H2. The highest BCUT2D eigenvalue weighted by molar-refractivity contribution is 7.17. The molecule has 2 aromatic rings. The van der Waals surface area contributed by atoms with Crippen molar-refractivity contribution < 1.29 is 14.7 Å². The summed E-state index contributed by atoms with van der Waals surface area (Å²) in [5.74, 6) is -0.137. The van der Waals surface area contributed by atoms with E-state index < -0.39 is 0 Å². The molecule has 122 valence electrons. The Morgan fingerprint density at radius 3 is 2.67 bits per heavy atom. The molecule has 1 aliphatic carbocycles. The third-order valence-corrected chi connectivity index (χ3v) is 4.94. The summed E-state index contributed by atoms with van der Waals surface area (Å²) in [6, 6.07) is 7.63. The fourth-order valence-electron chi connectivity index (χ4n) is 2.73. The van der Waals surface area contributed by atoms with E-state index in [4.69, 9.17) is 0 Å². The van der Waals surface area contributed by atoms with Crippen molar-refractivity contribution in [2.45, 2.75) is 19.3 Å². The number of aliphatic hydroxyl groups is 1. The second kappa shape index (κ2) is 7.51. The van der Waals surface area contributed by atoms with Crippen LogP contribution in [0.15, 0.2) is 65.1 Å². The molecule has 0 saturated carbocycles. The molecule has 3 nitrogen and oxygen atoms in total. The van der Waals surface area contributed by atoms with Crippen molar-refractivity contribution >= 4 is 33.0 Å². The first-order valence-corrected chi connectivity index (χ1v) is 8.78. The molecule has 1 aliphatic rings. The number of allylic oxidation sites excluding steroid dienone is 4. The van der Waals surface area contributed by atoms with Gasteiger partial charge in [-0.25, -0.2) is 0 Å². The normalized spacial score (nSPS) is 14.2. The van der Waals surface area contributed by atoms with Crippen LogP contribution in [0.25, 0.3) is 10.1 Å². The molecule has 0 fully saturated rings. The van der Waals surface area contributed by atoms with Crippen LogP contribution in [0, 0.1) is 0 Å². The van der Waals surface area contributed by atoms with Crippen LogP contribution in [-0.2, 0) is 4.79 Å². The number of benzene rings is 1. The Hall–Kier alpha value is -2.30. The van der Waals surface area contributed by atoms with Gasteiger partial charge in [-0.1, -0.05) is 24.3 Å². The number of fused-ring (bicyclic) bond motifs is 1. The molecule has 0 unspecified atom stereocenters. The minimum Gasteiger partial charge on any atom is -0.392 e. The zero-order valence-electron chi connectivity index (χ0n) is 13.2. The predicted molar refractivity (Wildman–Crippen MR) is 97.4 cm³/mol. The molecule has 0 radical (unpaired) electrons. The van der Waals surface area contributed by atoms with Crippen molar-refractivity contribution in [2.24, 2.45) is 0 Å². The summed E-state index contributed by atoms with van der Waals surface area (Å²) in [5.41, 5.74) is 1.76. The van der Waals surface area contributed by atoms with Crippen molar-refractivity contribution in [3.05, 3.63) is 70.7 Å². The zero-order chi connectivity index (χ0) is 16.9. The average Bonchev–Trinajstić information content (AvgIpc) is 2.94. The first-order chi connectivity index (χ1) is 11.7. The van der Waals surface area contributed by atoms with Crippen LogP contribution in [0.2, 0.25) is 0 Å². The molecule has 0 aliphatic heterocycles. The van der Waals surface area contributed by atoms with Gasteiger partial charge in [0.15, 0.2) is 11.6 Å². The van der Waals surface area contributed by atoms with Gasteiger partial charge in [0.25, 0.3) is 0 Å². The molecule has 0 bridgehead atoms. The second-order valence-electron chi connectivity index (χ2n) is 5.66. The SMILES string of the molecule is O=C(CCC(=O)c1ccc2sccc2c1)C1=C(CO)C=CCC=C1. The van der Waals surface area contributed by atoms with E-state index in [0.29, 0.717) is 16.7 Å². The Labute approximate surface area is 144 Å². The highest BCUT2D eigenvalue weighted by atomic mass is 32.1. The van der Waals surface area contributed by atoms with E-state index in [1.54, 1.807) is 23.5 Å². The monoisotopic (exact) mass is 338 g/mol. The largest absolute Gasteiger partial charge is 0.392 e. The van der Waals surface area contributed by atoms with E-state index in [9.17, 15) is 14.7 Å². The Balaban J connectivity index is 1.70. The molecule has 1 aromatic carbocycles. The van der Waals surface area contributed by atoms with Crippen LogP contribution in [0.4, 0.5) is 0 Å². The van der Waals surface area contributed by atoms with Crippen LogP contribution < -0.4 is 0 Å². The van der Waals surface area contributed by atoms with E-state index >= 15 is 0 Å². The van der Waals surface area contributed by atoms with Crippen molar-refractivity contribution in [1.82, 2.24) is 0 Å². The fraction of sp³-hybridized carbons (Fsp3) is 0.200. The lowest BCUT2D eigenvalue weighted by atomic mass is 9.98. The molecule has 1 aromatic heterocycles. The lowest BCUT2D eigenvalue weighted by Gasteiger charge is -2.06. The van der Waals surface area contributed by atoms with Crippen molar-refractivity contribution in [3.63, 3.8) is 0 Å². The van der Waals surface area contributed by atoms with E-state index in [-0.39, 0.29) is 31.0 Å². The molecule has 3 rings (SSSR count). The highest BCUT2D eigenvalue weighted by Crippen LogP contribution is 2.23. The van der Waals surface area contributed by atoms with E-state index in [0.717, 1.165) is 16.5 Å². The van der Waals surface area contributed by atoms with E-state index in [1.807, 2.05) is 41.8 Å². The van der Waals surface area contributed by atoms with Crippen LogP contribution >= 0.6 is 11.3 Å². The Morgan fingerprint density at radius 1 is 1.04 bits per heavy atom. The quantitative estimate of drug-likeness (QED) is 0.802. The summed E-state index contributed by atoms with van der Waals surface area (Å²) >= 11 is 1.64. The van der Waals surface area contributed by atoms with Crippen LogP contribution in [0.3, 0.4) is 0 Å². The Kier molecular flexibility index (Phi) is 5.18. The molecule has 1 N–H and O–H groups in total. The van der Waals surface area contributed by atoms with Gasteiger partial charge in [-0.05, 0) is 47.0 Å². The molecule has 1 heterocycles. The number of hydrogen-bond donors (Lipinski definition) is 1. The first kappa shape index (κ1) is 16.6. The minimum absolute atomic E-state index is 0.0317. The zero-order valence-corrected chi connectivity index (χ0v) is 14.0. The molecule has 0 saturated heterocycles. The van der Waals surface area contributed by atoms with Gasteiger partial charge in [-0.15, -0.1) is 11.3 Å². The third kappa shape index (κ3) is 3.61. The number of carbonyl (C=O) groups is 2. The summed E-state index contributed by atoms with van der Waals surface area (Å²) in [6.45, 7) is -0.176. The van der Waals surface area contributed by atoms with Gasteiger partial charge in [0.05, 0.1) is 6.61 Å². The van der Waals surface area contributed by atoms with Gasteiger partial charge in [0.1, 0.15) is 0 Å². The van der Waals surface area contributed by atoms with Gasteiger partial charge >= 0.3 is 0 Å². The van der Waals surface area contributed by atoms with E-state index in [1.165, 1.54) is 0 Å². The molecular formula is C20H18O3S. The summed E-state index contributed by atoms with van der Waals surface area (Å²) < 4.78 is 1.15. The van der Waals surface area contributed by atoms with Crippen LogP contribution in [-0.4, -0.2) is 23.3 Å². The average molecular weight is 338 g/mol. The minimum atomic E-state index is -0.176. The maximum absolute atomic E-state index is 12.4. The number of thiophene rings is 1. The van der Waals surface area contributed by atoms with Gasteiger partial charge in [0.2, 0.25) is 0 Å². The Morgan fingerprint density at radius 2 is 1.83 bits per heavy atom. The lowest BCUT2D eigenvalue weighted by molar-refractivity contribution is -0.115. The fourth-order valence-corrected chi connectivity index (χ4v) is 3.50. The van der Waals surface area contributed by atoms with Gasteiger partial charge in [-0.3, -0.25) is 9.59 Å². The predicted octanol–water partition coefficient (Wildman–Crippen LogP) is 4.24. The van der Waals surface area contributed by atoms with Gasteiger partial charge in [-0.2, -0.15) is 0 Å². The highest BCUT2D eigenvalue weighted by Gasteiger charge is 2.15. The molecule has 24 heavy (non-hydrogen) atoms. The van der Waals surface area contributed by atoms with Crippen molar-refractivity contribution in [1.29, 1.82) is 0 Å². The molecule has 0 atom stereocenters. The molecular weight excluding hydrogens is 320 g/mol. The number of aliphatic hydroxyl groups excluding tert-OH is 1. The summed E-state index contributed by atoms with van der Waals surface area (Å²) in [7, 11) is 0. The number of carbonyl (C=O) groups excluding carboxylic acids is 2. The van der Waals surface area contributed by atoms with Crippen molar-refractivity contribution in [2.75, 3.05) is 6.61 Å². The first-order valence-electron chi connectivity index (χ1n) is 7.90. The molecule has 0 spiro atoms. The lowest BCUT2D eigenvalue weighted by Crippen LogP contribution is -2.09. The van der Waals surface area contributed by atoms with Crippen LogP contribution in [0.5, 0.6) is 0 Å². The number of hydrogen-bond acceptors (Lipinski definition) is 4. The Bertz CT molecular complexity index is 868. The molecule has 4 heteroatoms. The maximum Gasteiger partial charge on any atom is 0.163 e. The third-order valence-electron chi connectivity index (χ3n) is 4.05. The van der Waals surface area contributed by atoms with Crippen LogP contribution in [0.1, 0.15) is 29.6 Å².